The Hall–Kier alpha value is -1.41. The third-order valence-corrected chi connectivity index (χ3v) is 5.58. The molecule has 0 saturated heterocycles. The van der Waals surface area contributed by atoms with Crippen LogP contribution in [-0.4, -0.2) is 25.7 Å². The van der Waals surface area contributed by atoms with E-state index in [1.54, 1.807) is 18.2 Å². The van der Waals surface area contributed by atoms with E-state index in [4.69, 9.17) is 9.47 Å². The Bertz CT molecular complexity index is 517. The zero-order valence-corrected chi connectivity index (χ0v) is 15.1. The normalized spacial score (nSPS) is 14.5. The third-order valence-electron chi connectivity index (χ3n) is 4.67. The molecule has 0 spiro atoms. The number of ether oxygens (including phenoxy) is 2. The van der Waals surface area contributed by atoms with Crippen LogP contribution < -0.4 is 9.47 Å². The summed E-state index contributed by atoms with van der Waals surface area (Å²) in [6.07, 6.45) is 0.899. The molecular weight excluding hydrogens is 299 g/mol. The second-order valence-electron chi connectivity index (χ2n) is 6.08. The summed E-state index contributed by atoms with van der Waals surface area (Å²) in [5, 5.41) is 0. The molecule has 0 N–H and O–H groups in total. The highest BCUT2D eigenvalue weighted by Gasteiger charge is 2.38. The number of Topliss-reactive ketones (excluding diaryl/α,β-unsaturated/α-hetero) is 1. The van der Waals surface area contributed by atoms with Gasteiger partial charge in [-0.25, -0.2) is 0 Å². The number of methoxy groups -OCH3 is 2. The van der Waals surface area contributed by atoms with Gasteiger partial charge in [-0.15, -0.1) is 0 Å². The van der Waals surface area contributed by atoms with Crippen LogP contribution in [-0.2, 0) is 4.57 Å². The Morgan fingerprint density at radius 1 is 1.23 bits per heavy atom. The Morgan fingerprint density at radius 2 is 1.73 bits per heavy atom. The minimum atomic E-state index is -0.625. The standard InChI is InChI=1S/C17H25O4P/c1-7-17(3,4)11(2)16(22-19)15(18)14-12(20-5)9-8-10-13(14)21-6/h8-11,16H,7H2,1-6H3. The lowest BCUT2D eigenvalue weighted by molar-refractivity contribution is 0.0918. The number of hydrogen-bond acceptors (Lipinski definition) is 4. The van der Waals surface area contributed by atoms with Gasteiger partial charge in [-0.2, -0.15) is 0 Å². The van der Waals surface area contributed by atoms with Gasteiger partial charge >= 0.3 is 0 Å². The van der Waals surface area contributed by atoms with E-state index in [-0.39, 0.29) is 25.6 Å². The summed E-state index contributed by atoms with van der Waals surface area (Å²) in [6.45, 7) is 8.22. The monoisotopic (exact) mass is 324 g/mol. The molecule has 2 atom stereocenters. The molecule has 5 heteroatoms. The van der Waals surface area contributed by atoms with Gasteiger partial charge in [0.25, 0.3) is 0 Å². The van der Waals surface area contributed by atoms with Crippen LogP contribution in [0.3, 0.4) is 0 Å². The molecule has 1 rings (SSSR count). The Kier molecular flexibility index (Phi) is 6.55. The number of hydrogen-bond donors (Lipinski definition) is 0. The van der Waals surface area contributed by atoms with Crippen LogP contribution in [0.4, 0.5) is 0 Å². The van der Waals surface area contributed by atoms with E-state index in [0.29, 0.717) is 17.1 Å². The fourth-order valence-corrected chi connectivity index (χ4v) is 3.17. The van der Waals surface area contributed by atoms with Crippen LogP contribution in [0.5, 0.6) is 11.5 Å². The second-order valence-corrected chi connectivity index (χ2v) is 6.85. The lowest BCUT2D eigenvalue weighted by Crippen LogP contribution is -2.34. The van der Waals surface area contributed by atoms with Crippen LogP contribution in [0.15, 0.2) is 18.2 Å². The molecule has 1 aromatic carbocycles. The molecule has 0 aliphatic heterocycles. The van der Waals surface area contributed by atoms with Crippen molar-refractivity contribution in [1.82, 2.24) is 0 Å². The van der Waals surface area contributed by atoms with E-state index >= 15 is 0 Å². The summed E-state index contributed by atoms with van der Waals surface area (Å²) >= 11 is 0. The average molecular weight is 324 g/mol. The van der Waals surface area contributed by atoms with Gasteiger partial charge in [-0.05, 0) is 23.5 Å². The molecular formula is C17H25O4P. The van der Waals surface area contributed by atoms with Gasteiger partial charge in [-0.1, -0.05) is 40.2 Å². The molecule has 0 aromatic heterocycles. The van der Waals surface area contributed by atoms with Crippen molar-refractivity contribution < 1.29 is 18.8 Å². The molecule has 2 unspecified atom stereocenters. The summed E-state index contributed by atoms with van der Waals surface area (Å²) in [4.78, 5) is 13.0. The minimum Gasteiger partial charge on any atom is -0.496 e. The Morgan fingerprint density at radius 3 is 2.09 bits per heavy atom. The Balaban J connectivity index is 3.31. The number of rotatable bonds is 8. The van der Waals surface area contributed by atoms with Gasteiger partial charge < -0.3 is 9.47 Å². The van der Waals surface area contributed by atoms with Gasteiger partial charge in [0.15, 0.2) is 14.2 Å². The van der Waals surface area contributed by atoms with Crippen molar-refractivity contribution in [3.05, 3.63) is 23.8 Å². The third kappa shape index (κ3) is 3.67. The molecule has 0 saturated carbocycles. The van der Waals surface area contributed by atoms with Gasteiger partial charge in [0.05, 0.1) is 14.2 Å². The lowest BCUT2D eigenvalue weighted by Gasteiger charge is -2.33. The number of ketones is 1. The molecule has 122 valence electrons. The highest BCUT2D eigenvalue weighted by Crippen LogP contribution is 2.40. The van der Waals surface area contributed by atoms with E-state index in [0.717, 1.165) is 6.42 Å². The molecule has 22 heavy (non-hydrogen) atoms. The zero-order valence-electron chi connectivity index (χ0n) is 14.2. The second kappa shape index (κ2) is 7.73. The average Bonchev–Trinajstić information content (AvgIpc) is 2.54. The maximum atomic E-state index is 13.0. The largest absolute Gasteiger partial charge is 0.496 e. The van der Waals surface area contributed by atoms with Crippen molar-refractivity contribution in [2.24, 2.45) is 11.3 Å². The molecule has 0 radical (unpaired) electrons. The van der Waals surface area contributed by atoms with E-state index in [1.165, 1.54) is 14.2 Å². The first-order valence-corrected chi connectivity index (χ1v) is 8.29. The number of benzene rings is 1. The van der Waals surface area contributed by atoms with Crippen molar-refractivity contribution in [2.45, 2.75) is 39.8 Å². The number of carbonyl (C=O) groups is 1. The summed E-state index contributed by atoms with van der Waals surface area (Å²) in [5.74, 6) is 0.637. The van der Waals surface area contributed by atoms with Gasteiger partial charge in [0, 0.05) is 0 Å². The highest BCUT2D eigenvalue weighted by atomic mass is 31.1. The van der Waals surface area contributed by atoms with Crippen LogP contribution in [0.1, 0.15) is 44.5 Å². The smallest absolute Gasteiger partial charge is 0.185 e. The van der Waals surface area contributed by atoms with E-state index in [1.807, 2.05) is 6.92 Å². The Labute approximate surface area is 134 Å². The van der Waals surface area contributed by atoms with Crippen LogP contribution >= 0.6 is 8.46 Å². The first kappa shape index (κ1) is 18.6. The van der Waals surface area contributed by atoms with E-state index in [9.17, 15) is 9.36 Å². The lowest BCUT2D eigenvalue weighted by atomic mass is 9.74. The van der Waals surface area contributed by atoms with Gasteiger partial charge in [0.1, 0.15) is 22.7 Å². The fraction of sp³-hybridized carbons (Fsp3) is 0.588. The predicted octanol–water partition coefficient (Wildman–Crippen LogP) is 4.62. The highest BCUT2D eigenvalue weighted by molar-refractivity contribution is 7.26. The molecule has 0 amide bonds. The van der Waals surface area contributed by atoms with Crippen molar-refractivity contribution >= 4 is 14.2 Å². The van der Waals surface area contributed by atoms with Gasteiger partial charge in [-0.3, -0.25) is 9.36 Å². The molecule has 0 fully saturated rings. The SMILES string of the molecule is CCC(C)(C)C(C)C(P=O)C(=O)c1c(OC)cccc1OC. The predicted molar refractivity (Wildman–Crippen MR) is 88.5 cm³/mol. The fourth-order valence-electron chi connectivity index (χ4n) is 2.36. The summed E-state index contributed by atoms with van der Waals surface area (Å²) in [5.41, 5.74) is -0.354. The maximum absolute atomic E-state index is 13.0. The molecule has 4 nitrogen and oxygen atoms in total. The summed E-state index contributed by atoms with van der Waals surface area (Å²) in [6, 6.07) is 5.19. The van der Waals surface area contributed by atoms with Crippen LogP contribution in [0.25, 0.3) is 0 Å². The zero-order chi connectivity index (χ0) is 16.9. The summed E-state index contributed by atoms with van der Waals surface area (Å²) in [7, 11) is 2.84. The molecule has 0 heterocycles. The van der Waals surface area contributed by atoms with Crippen molar-refractivity contribution in [3.63, 3.8) is 0 Å². The van der Waals surface area contributed by atoms with Crippen LogP contribution in [0.2, 0.25) is 0 Å². The first-order valence-electron chi connectivity index (χ1n) is 7.41. The number of carbonyl (C=O) groups excluding carboxylic acids is 1. The minimum absolute atomic E-state index is 0.0428. The van der Waals surface area contributed by atoms with Crippen LogP contribution in [0, 0.1) is 11.3 Å². The summed E-state index contributed by atoms with van der Waals surface area (Å²) < 4.78 is 22.3. The van der Waals surface area contributed by atoms with Gasteiger partial charge in [0.2, 0.25) is 0 Å². The maximum Gasteiger partial charge on any atom is 0.185 e. The molecule has 0 aliphatic rings. The molecule has 1 aromatic rings. The molecule has 0 aliphatic carbocycles. The van der Waals surface area contributed by atoms with Crippen molar-refractivity contribution in [1.29, 1.82) is 0 Å². The van der Waals surface area contributed by atoms with Crippen molar-refractivity contribution in [3.8, 4) is 11.5 Å². The topological polar surface area (TPSA) is 52.6 Å². The van der Waals surface area contributed by atoms with Crippen molar-refractivity contribution in [2.75, 3.05) is 14.2 Å². The quantitative estimate of drug-likeness (QED) is 0.517. The van der Waals surface area contributed by atoms with E-state index < -0.39 is 5.66 Å². The first-order chi connectivity index (χ1) is 10.3. The van der Waals surface area contributed by atoms with E-state index in [2.05, 4.69) is 20.8 Å². The molecule has 0 bridgehead atoms.